The molecule has 0 radical (unpaired) electrons. The molecule has 0 aromatic carbocycles. The molecule has 0 rings (SSSR count). The highest BCUT2D eigenvalue weighted by atomic mass is 16.5. The lowest BCUT2D eigenvalue weighted by Crippen LogP contribution is -2.35. The second kappa shape index (κ2) is 40.7. The van der Waals surface area contributed by atoms with Gasteiger partial charge < -0.3 is 9.64 Å². The van der Waals surface area contributed by atoms with E-state index in [1.165, 1.54) is 199 Å². The van der Waals surface area contributed by atoms with Crippen LogP contribution in [0.1, 0.15) is 259 Å². The van der Waals surface area contributed by atoms with E-state index < -0.39 is 0 Å². The number of esters is 1. The Labute approximate surface area is 314 Å². The molecule has 4 nitrogen and oxygen atoms in total. The zero-order valence-electron chi connectivity index (χ0n) is 34.8. The van der Waals surface area contributed by atoms with Gasteiger partial charge in [0.1, 0.15) is 0 Å². The maximum absolute atomic E-state index is 12.6. The average Bonchev–Trinajstić information content (AvgIpc) is 3.12. The standard InChI is InChI=1S/C46H91NO3/c1-5-9-13-17-20-24-29-35-41-47(43-48)45(38-32-26-21-18-14-10-6-2)39-33-27-22-23-28-34-40-46(49)50-42-44(36-30-16-12-8-4)37-31-25-19-15-11-7-3/h43-45H,5-42H2,1-4H3. The summed E-state index contributed by atoms with van der Waals surface area (Å²) in [5.41, 5.74) is 0. The van der Waals surface area contributed by atoms with Crippen molar-refractivity contribution in [2.75, 3.05) is 13.2 Å². The normalized spacial score (nSPS) is 12.6. The Bertz CT molecular complexity index is 682. The molecule has 0 heterocycles. The van der Waals surface area contributed by atoms with E-state index in [0.717, 1.165) is 38.6 Å². The number of nitrogens with zero attached hydrogens (tertiary/aromatic N) is 1. The fourth-order valence-corrected chi connectivity index (χ4v) is 7.59. The molecule has 4 heteroatoms. The van der Waals surface area contributed by atoms with Gasteiger partial charge in [0.15, 0.2) is 0 Å². The predicted molar refractivity (Wildman–Crippen MR) is 220 cm³/mol. The Kier molecular flexibility index (Phi) is 39.8. The van der Waals surface area contributed by atoms with Crippen LogP contribution >= 0.6 is 0 Å². The first-order valence-corrected chi connectivity index (χ1v) is 23.0. The van der Waals surface area contributed by atoms with Crippen LogP contribution in [-0.2, 0) is 14.3 Å². The second-order valence-corrected chi connectivity index (χ2v) is 16.0. The van der Waals surface area contributed by atoms with Crippen molar-refractivity contribution in [2.45, 2.75) is 265 Å². The van der Waals surface area contributed by atoms with Gasteiger partial charge in [-0.1, -0.05) is 214 Å². The highest BCUT2D eigenvalue weighted by Crippen LogP contribution is 2.22. The molecule has 0 spiro atoms. The van der Waals surface area contributed by atoms with E-state index in [9.17, 15) is 9.59 Å². The van der Waals surface area contributed by atoms with Crippen LogP contribution in [0.2, 0.25) is 0 Å². The van der Waals surface area contributed by atoms with Crippen molar-refractivity contribution in [1.29, 1.82) is 0 Å². The third kappa shape index (κ3) is 34.0. The summed E-state index contributed by atoms with van der Waals surface area (Å²) in [5, 5.41) is 0. The Morgan fingerprint density at radius 2 is 0.800 bits per heavy atom. The summed E-state index contributed by atoms with van der Waals surface area (Å²) in [5.74, 6) is 0.567. The van der Waals surface area contributed by atoms with E-state index in [1.54, 1.807) is 0 Å². The monoisotopic (exact) mass is 706 g/mol. The molecule has 0 N–H and O–H groups in total. The Balaban J connectivity index is 4.36. The largest absolute Gasteiger partial charge is 0.465 e. The maximum atomic E-state index is 12.6. The molecule has 2 unspecified atom stereocenters. The van der Waals surface area contributed by atoms with E-state index in [4.69, 9.17) is 4.74 Å². The molecule has 0 aliphatic carbocycles. The summed E-state index contributed by atoms with van der Waals surface area (Å²) in [4.78, 5) is 26.9. The van der Waals surface area contributed by atoms with Crippen LogP contribution < -0.4 is 0 Å². The third-order valence-corrected chi connectivity index (χ3v) is 11.1. The number of carbonyl (C=O) groups is 2. The molecule has 50 heavy (non-hydrogen) atoms. The zero-order chi connectivity index (χ0) is 36.6. The number of amides is 1. The van der Waals surface area contributed by atoms with Crippen LogP contribution in [0.5, 0.6) is 0 Å². The number of unbranched alkanes of at least 4 members (excludes halogenated alkanes) is 26. The molecule has 0 aromatic rings. The first kappa shape index (κ1) is 48.9. The van der Waals surface area contributed by atoms with Gasteiger partial charge in [0.05, 0.1) is 6.61 Å². The minimum Gasteiger partial charge on any atom is -0.465 e. The van der Waals surface area contributed by atoms with E-state index in [1.807, 2.05) is 0 Å². The lowest BCUT2D eigenvalue weighted by molar-refractivity contribution is -0.145. The van der Waals surface area contributed by atoms with Crippen molar-refractivity contribution < 1.29 is 14.3 Å². The summed E-state index contributed by atoms with van der Waals surface area (Å²) in [6, 6.07) is 0.416. The number of rotatable bonds is 42. The molecule has 0 fully saturated rings. The lowest BCUT2D eigenvalue weighted by Gasteiger charge is -2.29. The van der Waals surface area contributed by atoms with E-state index in [-0.39, 0.29) is 5.97 Å². The minimum absolute atomic E-state index is 0.0187. The Morgan fingerprint density at radius 3 is 1.22 bits per heavy atom. The summed E-state index contributed by atoms with van der Waals surface area (Å²) in [6.45, 7) is 10.7. The molecule has 1 amide bonds. The Hall–Kier alpha value is -1.06. The molecule has 298 valence electrons. The molecule has 2 atom stereocenters. The highest BCUT2D eigenvalue weighted by Gasteiger charge is 2.16. The van der Waals surface area contributed by atoms with Gasteiger partial charge in [0.2, 0.25) is 6.41 Å². The van der Waals surface area contributed by atoms with Gasteiger partial charge in [0.25, 0.3) is 0 Å². The van der Waals surface area contributed by atoms with E-state index in [0.29, 0.717) is 25.0 Å². The second-order valence-electron chi connectivity index (χ2n) is 16.0. The van der Waals surface area contributed by atoms with Gasteiger partial charge in [-0.2, -0.15) is 0 Å². The van der Waals surface area contributed by atoms with Crippen LogP contribution in [0.3, 0.4) is 0 Å². The smallest absolute Gasteiger partial charge is 0.305 e. The first-order chi connectivity index (χ1) is 24.6. The highest BCUT2D eigenvalue weighted by molar-refractivity contribution is 5.69. The number of ether oxygens (including phenoxy) is 1. The summed E-state index contributed by atoms with van der Waals surface area (Å²) in [6.07, 6.45) is 46.4. The van der Waals surface area contributed by atoms with Gasteiger partial charge in [-0.15, -0.1) is 0 Å². The van der Waals surface area contributed by atoms with Crippen molar-refractivity contribution in [3.63, 3.8) is 0 Å². The minimum atomic E-state index is 0.0187. The SMILES string of the molecule is CCCCCCCCCCN(C=O)C(CCCCCCCCC)CCCCCCCCC(=O)OCC(CCCCCC)CCCCCCCC. The predicted octanol–water partition coefficient (Wildman–Crippen LogP) is 15.1. The molecular weight excluding hydrogens is 615 g/mol. The average molecular weight is 706 g/mol. The van der Waals surface area contributed by atoms with Crippen LogP contribution in [0.25, 0.3) is 0 Å². The lowest BCUT2D eigenvalue weighted by atomic mass is 9.95. The van der Waals surface area contributed by atoms with Gasteiger partial charge in [0, 0.05) is 19.0 Å². The molecule has 0 aromatic heterocycles. The summed E-state index contributed by atoms with van der Waals surface area (Å²) in [7, 11) is 0. The summed E-state index contributed by atoms with van der Waals surface area (Å²) >= 11 is 0. The fraction of sp³-hybridized carbons (Fsp3) is 0.957. The topological polar surface area (TPSA) is 46.6 Å². The number of hydrogen-bond donors (Lipinski definition) is 0. The van der Waals surface area contributed by atoms with Crippen LogP contribution in [0.15, 0.2) is 0 Å². The van der Waals surface area contributed by atoms with Gasteiger partial charge in [-0.25, -0.2) is 0 Å². The molecule has 0 saturated carbocycles. The zero-order valence-corrected chi connectivity index (χ0v) is 34.8. The van der Waals surface area contributed by atoms with E-state index in [2.05, 4.69) is 32.6 Å². The van der Waals surface area contributed by atoms with Crippen molar-refractivity contribution in [1.82, 2.24) is 4.90 Å². The fourth-order valence-electron chi connectivity index (χ4n) is 7.59. The molecule has 0 aliphatic heterocycles. The van der Waals surface area contributed by atoms with Crippen molar-refractivity contribution in [3.05, 3.63) is 0 Å². The quantitative estimate of drug-likeness (QED) is 0.0361. The number of hydrogen-bond acceptors (Lipinski definition) is 3. The third-order valence-electron chi connectivity index (χ3n) is 11.1. The number of carbonyl (C=O) groups excluding carboxylic acids is 2. The molecule has 0 saturated heterocycles. The molecular formula is C46H91NO3. The summed E-state index contributed by atoms with van der Waals surface area (Å²) < 4.78 is 5.81. The van der Waals surface area contributed by atoms with Crippen LogP contribution in [0, 0.1) is 5.92 Å². The first-order valence-electron chi connectivity index (χ1n) is 23.0. The van der Waals surface area contributed by atoms with E-state index >= 15 is 0 Å². The van der Waals surface area contributed by atoms with Crippen molar-refractivity contribution in [3.8, 4) is 0 Å². The van der Waals surface area contributed by atoms with Gasteiger partial charge in [-0.05, 0) is 44.4 Å². The maximum Gasteiger partial charge on any atom is 0.305 e. The molecule has 0 aliphatic rings. The van der Waals surface area contributed by atoms with Gasteiger partial charge >= 0.3 is 5.97 Å². The van der Waals surface area contributed by atoms with Crippen molar-refractivity contribution in [2.24, 2.45) is 5.92 Å². The Morgan fingerprint density at radius 1 is 0.460 bits per heavy atom. The van der Waals surface area contributed by atoms with Gasteiger partial charge in [-0.3, -0.25) is 9.59 Å². The van der Waals surface area contributed by atoms with Crippen LogP contribution in [0.4, 0.5) is 0 Å². The molecule has 0 bridgehead atoms. The van der Waals surface area contributed by atoms with Crippen molar-refractivity contribution >= 4 is 12.4 Å². The van der Waals surface area contributed by atoms with Crippen LogP contribution in [-0.4, -0.2) is 36.5 Å².